The van der Waals surface area contributed by atoms with Gasteiger partial charge in [-0.3, -0.25) is 0 Å². The van der Waals surface area contributed by atoms with Crippen molar-refractivity contribution in [3.05, 3.63) is 12.2 Å². The number of hydrogen-bond donors (Lipinski definition) is 1. The Morgan fingerprint density at radius 3 is 2.82 bits per heavy atom. The van der Waals surface area contributed by atoms with E-state index in [0.717, 1.165) is 32.5 Å². The van der Waals surface area contributed by atoms with E-state index in [1.807, 2.05) is 0 Å². The molecule has 0 bridgehead atoms. The lowest BCUT2D eigenvalue weighted by molar-refractivity contribution is 0.194. The van der Waals surface area contributed by atoms with Crippen molar-refractivity contribution < 1.29 is 4.74 Å². The van der Waals surface area contributed by atoms with Crippen LogP contribution < -0.4 is 5.32 Å². The van der Waals surface area contributed by atoms with E-state index in [1.54, 1.807) is 7.11 Å². The molecule has 0 atom stereocenters. The molecule has 0 aromatic rings. The Hall–Kier alpha value is -0.340. The summed E-state index contributed by atoms with van der Waals surface area (Å²) in [6.07, 6.45) is 2.14. The third kappa shape index (κ3) is 7.56. The predicted molar refractivity (Wildman–Crippen MR) is 48.8 cm³/mol. The molecule has 0 rings (SSSR count). The summed E-state index contributed by atoms with van der Waals surface area (Å²) in [6, 6.07) is 0. The Labute approximate surface area is 69.6 Å². The molecular weight excluding hydrogens is 138 g/mol. The fraction of sp³-hybridized carbons (Fsp3) is 0.778. The Morgan fingerprint density at radius 2 is 2.27 bits per heavy atom. The van der Waals surface area contributed by atoms with Crippen LogP contribution in [0.3, 0.4) is 0 Å². The zero-order valence-electron chi connectivity index (χ0n) is 7.65. The van der Waals surface area contributed by atoms with Crippen molar-refractivity contribution in [1.29, 1.82) is 0 Å². The van der Waals surface area contributed by atoms with Crippen molar-refractivity contribution in [2.75, 3.05) is 26.8 Å². The maximum Gasteiger partial charge on any atom is 0.0474 e. The van der Waals surface area contributed by atoms with Gasteiger partial charge in [-0.05, 0) is 19.4 Å². The van der Waals surface area contributed by atoms with Crippen LogP contribution in [0.4, 0.5) is 0 Å². The minimum atomic E-state index is 0.839. The van der Waals surface area contributed by atoms with Crippen LogP contribution in [-0.4, -0.2) is 26.8 Å². The molecule has 0 saturated heterocycles. The van der Waals surface area contributed by atoms with Crippen LogP contribution in [-0.2, 0) is 4.74 Å². The molecule has 0 saturated carbocycles. The molecule has 1 N–H and O–H groups in total. The van der Waals surface area contributed by atoms with E-state index in [4.69, 9.17) is 4.74 Å². The van der Waals surface area contributed by atoms with Crippen molar-refractivity contribution in [3.63, 3.8) is 0 Å². The van der Waals surface area contributed by atoms with Gasteiger partial charge in [-0.25, -0.2) is 0 Å². The molecule has 0 aromatic heterocycles. The monoisotopic (exact) mass is 157 g/mol. The molecule has 0 aromatic carbocycles. The fourth-order valence-corrected chi connectivity index (χ4v) is 0.732. The highest BCUT2D eigenvalue weighted by molar-refractivity contribution is 4.94. The maximum atomic E-state index is 4.91. The molecule has 0 unspecified atom stereocenters. The van der Waals surface area contributed by atoms with E-state index in [-0.39, 0.29) is 0 Å². The molecule has 2 nitrogen and oxygen atoms in total. The largest absolute Gasteiger partial charge is 0.385 e. The van der Waals surface area contributed by atoms with Crippen molar-refractivity contribution in [2.45, 2.75) is 19.8 Å². The zero-order valence-corrected chi connectivity index (χ0v) is 7.65. The summed E-state index contributed by atoms with van der Waals surface area (Å²) in [6.45, 7) is 8.83. The summed E-state index contributed by atoms with van der Waals surface area (Å²) in [4.78, 5) is 0. The van der Waals surface area contributed by atoms with Crippen LogP contribution in [0, 0.1) is 0 Å². The minimum Gasteiger partial charge on any atom is -0.385 e. The number of nitrogens with one attached hydrogen (secondary N) is 1. The summed E-state index contributed by atoms with van der Waals surface area (Å²) in [7, 11) is 1.73. The Balaban J connectivity index is 2.95. The second kappa shape index (κ2) is 7.76. The Morgan fingerprint density at radius 1 is 1.55 bits per heavy atom. The van der Waals surface area contributed by atoms with E-state index in [9.17, 15) is 0 Å². The van der Waals surface area contributed by atoms with Crippen LogP contribution in [0.5, 0.6) is 0 Å². The van der Waals surface area contributed by atoms with Crippen LogP contribution in [0.2, 0.25) is 0 Å². The number of rotatable bonds is 7. The average molecular weight is 157 g/mol. The lowest BCUT2D eigenvalue weighted by Crippen LogP contribution is -2.18. The summed E-state index contributed by atoms with van der Waals surface area (Å²) in [5.74, 6) is 0. The standard InChI is InChI=1S/C9H19NO/c1-4-9(2)8-10-6-5-7-11-3/h10H,2,4-8H2,1,3H3. The lowest BCUT2D eigenvalue weighted by Gasteiger charge is -2.04. The summed E-state index contributed by atoms with van der Waals surface area (Å²) in [5, 5.41) is 3.29. The normalized spacial score (nSPS) is 10.0. The van der Waals surface area contributed by atoms with E-state index < -0.39 is 0 Å². The van der Waals surface area contributed by atoms with Crippen molar-refractivity contribution in [2.24, 2.45) is 0 Å². The summed E-state index contributed by atoms with van der Waals surface area (Å²) in [5.41, 5.74) is 1.27. The molecule has 0 fully saturated rings. The Bertz CT molecular complexity index is 102. The molecule has 0 aliphatic rings. The third-order valence-electron chi connectivity index (χ3n) is 1.58. The number of ether oxygens (including phenoxy) is 1. The molecule has 0 radical (unpaired) electrons. The smallest absolute Gasteiger partial charge is 0.0474 e. The van der Waals surface area contributed by atoms with Crippen LogP contribution in [0.15, 0.2) is 12.2 Å². The molecule has 0 aliphatic heterocycles. The summed E-state index contributed by atoms with van der Waals surface area (Å²) < 4.78 is 4.91. The van der Waals surface area contributed by atoms with Gasteiger partial charge in [0.15, 0.2) is 0 Å². The third-order valence-corrected chi connectivity index (χ3v) is 1.58. The van der Waals surface area contributed by atoms with E-state index in [1.165, 1.54) is 5.57 Å². The topological polar surface area (TPSA) is 21.3 Å². The van der Waals surface area contributed by atoms with Crippen LogP contribution >= 0.6 is 0 Å². The van der Waals surface area contributed by atoms with Gasteiger partial charge in [0.1, 0.15) is 0 Å². The second-order valence-corrected chi connectivity index (χ2v) is 2.63. The van der Waals surface area contributed by atoms with Crippen molar-refractivity contribution in [3.8, 4) is 0 Å². The van der Waals surface area contributed by atoms with Crippen molar-refractivity contribution in [1.82, 2.24) is 5.32 Å². The molecule has 0 amide bonds. The highest BCUT2D eigenvalue weighted by Gasteiger charge is 1.89. The Kier molecular flexibility index (Phi) is 7.52. The zero-order chi connectivity index (χ0) is 8.53. The minimum absolute atomic E-state index is 0.839. The van der Waals surface area contributed by atoms with E-state index >= 15 is 0 Å². The average Bonchev–Trinajstić information content (AvgIpc) is 2.04. The van der Waals surface area contributed by atoms with Gasteiger partial charge < -0.3 is 10.1 Å². The SMILES string of the molecule is C=C(CC)CNCCCOC. The predicted octanol–water partition coefficient (Wildman–Crippen LogP) is 1.58. The highest BCUT2D eigenvalue weighted by atomic mass is 16.5. The molecule has 0 heterocycles. The molecule has 0 aliphatic carbocycles. The quantitative estimate of drug-likeness (QED) is 0.447. The fourth-order valence-electron chi connectivity index (χ4n) is 0.732. The van der Waals surface area contributed by atoms with E-state index in [2.05, 4.69) is 18.8 Å². The molecule has 0 spiro atoms. The van der Waals surface area contributed by atoms with Gasteiger partial charge in [-0.15, -0.1) is 0 Å². The first kappa shape index (κ1) is 10.7. The second-order valence-electron chi connectivity index (χ2n) is 2.63. The van der Waals surface area contributed by atoms with Gasteiger partial charge in [-0.1, -0.05) is 19.1 Å². The van der Waals surface area contributed by atoms with Gasteiger partial charge in [-0.2, -0.15) is 0 Å². The van der Waals surface area contributed by atoms with Gasteiger partial charge in [0.05, 0.1) is 0 Å². The van der Waals surface area contributed by atoms with Gasteiger partial charge in [0.2, 0.25) is 0 Å². The molecule has 11 heavy (non-hydrogen) atoms. The molecular formula is C9H19NO. The van der Waals surface area contributed by atoms with Crippen LogP contribution in [0.25, 0.3) is 0 Å². The molecule has 2 heteroatoms. The first-order valence-electron chi connectivity index (χ1n) is 4.17. The lowest BCUT2D eigenvalue weighted by atomic mass is 10.2. The first-order valence-corrected chi connectivity index (χ1v) is 4.17. The van der Waals surface area contributed by atoms with Gasteiger partial charge in [0, 0.05) is 20.3 Å². The first-order chi connectivity index (χ1) is 5.31. The maximum absolute atomic E-state index is 4.91. The molecule has 66 valence electrons. The van der Waals surface area contributed by atoms with Gasteiger partial charge in [0.25, 0.3) is 0 Å². The summed E-state index contributed by atoms with van der Waals surface area (Å²) >= 11 is 0. The van der Waals surface area contributed by atoms with Crippen LogP contribution in [0.1, 0.15) is 19.8 Å². The highest BCUT2D eigenvalue weighted by Crippen LogP contribution is 1.92. The number of methoxy groups -OCH3 is 1. The van der Waals surface area contributed by atoms with Crippen molar-refractivity contribution >= 4 is 0 Å². The van der Waals surface area contributed by atoms with E-state index in [0.29, 0.717) is 0 Å². The number of hydrogen-bond acceptors (Lipinski definition) is 2. The van der Waals surface area contributed by atoms with Gasteiger partial charge >= 0.3 is 0 Å².